The van der Waals surface area contributed by atoms with Crippen LogP contribution in [0.1, 0.15) is 27.9 Å². The van der Waals surface area contributed by atoms with Crippen LogP contribution in [0, 0.1) is 12.7 Å². The molecule has 5 nitrogen and oxygen atoms in total. The predicted octanol–water partition coefficient (Wildman–Crippen LogP) is 5.36. The predicted molar refractivity (Wildman–Crippen MR) is 103 cm³/mol. The van der Waals surface area contributed by atoms with Crippen LogP contribution >= 0.6 is 27.3 Å². The van der Waals surface area contributed by atoms with E-state index in [0.29, 0.717) is 15.4 Å². The van der Waals surface area contributed by atoms with Crippen molar-refractivity contribution in [2.45, 2.75) is 20.3 Å². The Hall–Kier alpha value is -2.32. The smallest absolute Gasteiger partial charge is 0.262 e. The molecule has 0 saturated carbocycles. The number of aromatic nitrogens is 2. The molecular formula is C18H15BrFN3O2S. The third kappa shape index (κ3) is 4.08. The summed E-state index contributed by atoms with van der Waals surface area (Å²) >= 11 is 4.66. The van der Waals surface area contributed by atoms with Crippen molar-refractivity contribution in [2.75, 3.05) is 5.32 Å². The van der Waals surface area contributed by atoms with Crippen LogP contribution in [0.2, 0.25) is 0 Å². The number of rotatable bonds is 5. The molecule has 134 valence electrons. The number of hydrogen-bond donors (Lipinski definition) is 1. The standard InChI is InChI=1S/C18H15BrFN3O2S/c1-3-14-10(2)26-18(22-14)23-16(24)12-5-4-8-21-17(12)25-15-7-6-11(20)9-13(15)19/h4-9H,3H2,1-2H3,(H,22,23,24). The molecule has 0 bridgehead atoms. The number of amides is 1. The lowest BCUT2D eigenvalue weighted by Gasteiger charge is -2.10. The molecule has 2 aromatic heterocycles. The number of nitrogens with one attached hydrogen (secondary N) is 1. The Balaban J connectivity index is 1.84. The molecule has 1 N–H and O–H groups in total. The zero-order chi connectivity index (χ0) is 18.7. The molecule has 0 radical (unpaired) electrons. The Morgan fingerprint density at radius 2 is 2.19 bits per heavy atom. The van der Waals surface area contributed by atoms with Crippen molar-refractivity contribution >= 4 is 38.3 Å². The zero-order valence-corrected chi connectivity index (χ0v) is 16.4. The van der Waals surface area contributed by atoms with Gasteiger partial charge in [-0.25, -0.2) is 14.4 Å². The van der Waals surface area contributed by atoms with Crippen LogP contribution in [0.3, 0.4) is 0 Å². The van der Waals surface area contributed by atoms with Gasteiger partial charge in [0.1, 0.15) is 17.1 Å². The maximum atomic E-state index is 13.2. The van der Waals surface area contributed by atoms with Gasteiger partial charge < -0.3 is 4.74 Å². The van der Waals surface area contributed by atoms with Gasteiger partial charge in [-0.05, 0) is 59.6 Å². The third-order valence-electron chi connectivity index (χ3n) is 3.56. The molecule has 0 aliphatic rings. The lowest BCUT2D eigenvalue weighted by molar-refractivity contribution is 0.102. The van der Waals surface area contributed by atoms with Crippen molar-refractivity contribution in [3.8, 4) is 11.6 Å². The second kappa shape index (κ2) is 7.92. The summed E-state index contributed by atoms with van der Waals surface area (Å²) in [6.45, 7) is 3.98. The molecule has 0 fully saturated rings. The number of anilines is 1. The summed E-state index contributed by atoms with van der Waals surface area (Å²) in [5.74, 6) is -0.282. The van der Waals surface area contributed by atoms with Gasteiger partial charge in [0.15, 0.2) is 5.13 Å². The number of carbonyl (C=O) groups excluding carboxylic acids is 1. The van der Waals surface area contributed by atoms with E-state index in [4.69, 9.17) is 4.74 Å². The van der Waals surface area contributed by atoms with E-state index in [-0.39, 0.29) is 17.4 Å². The first-order chi connectivity index (χ1) is 12.5. The number of thiazole rings is 1. The molecule has 2 heterocycles. The van der Waals surface area contributed by atoms with Gasteiger partial charge in [-0.15, -0.1) is 11.3 Å². The topological polar surface area (TPSA) is 64.1 Å². The molecule has 8 heteroatoms. The number of halogens is 2. The summed E-state index contributed by atoms with van der Waals surface area (Å²) in [5.41, 5.74) is 1.22. The Morgan fingerprint density at radius 1 is 1.38 bits per heavy atom. The molecule has 0 spiro atoms. The van der Waals surface area contributed by atoms with Gasteiger partial charge in [0.05, 0.1) is 10.2 Å². The molecule has 0 saturated heterocycles. The van der Waals surface area contributed by atoms with Gasteiger partial charge in [0.2, 0.25) is 5.88 Å². The average Bonchev–Trinajstić information content (AvgIpc) is 2.97. The maximum absolute atomic E-state index is 13.2. The largest absolute Gasteiger partial charge is 0.437 e. The summed E-state index contributed by atoms with van der Waals surface area (Å²) in [5, 5.41) is 3.31. The van der Waals surface area contributed by atoms with Gasteiger partial charge in [-0.1, -0.05) is 6.92 Å². The molecule has 26 heavy (non-hydrogen) atoms. The Bertz CT molecular complexity index is 961. The normalized spacial score (nSPS) is 10.6. The number of pyridine rings is 1. The molecular weight excluding hydrogens is 421 g/mol. The van der Waals surface area contributed by atoms with Crippen LogP contribution in [0.4, 0.5) is 9.52 Å². The maximum Gasteiger partial charge on any atom is 0.262 e. The van der Waals surface area contributed by atoms with Gasteiger partial charge >= 0.3 is 0 Å². The minimum Gasteiger partial charge on any atom is -0.437 e. The molecule has 0 unspecified atom stereocenters. The SMILES string of the molecule is CCc1nc(NC(=O)c2cccnc2Oc2ccc(F)cc2Br)sc1C. The van der Waals surface area contributed by atoms with E-state index in [9.17, 15) is 9.18 Å². The van der Waals surface area contributed by atoms with E-state index in [0.717, 1.165) is 17.0 Å². The fourth-order valence-corrected chi connectivity index (χ4v) is 3.61. The molecule has 3 rings (SSSR count). The number of benzene rings is 1. The van der Waals surface area contributed by atoms with E-state index in [1.165, 1.54) is 35.7 Å². The molecule has 1 amide bonds. The third-order valence-corrected chi connectivity index (χ3v) is 5.11. The van der Waals surface area contributed by atoms with E-state index >= 15 is 0 Å². The minimum absolute atomic E-state index is 0.126. The van der Waals surface area contributed by atoms with Crippen molar-refractivity contribution in [1.82, 2.24) is 9.97 Å². The van der Waals surface area contributed by atoms with Crippen LogP contribution in [0.5, 0.6) is 11.6 Å². The number of nitrogens with zero attached hydrogens (tertiary/aromatic N) is 2. The monoisotopic (exact) mass is 435 g/mol. The Morgan fingerprint density at radius 3 is 2.88 bits per heavy atom. The first-order valence-electron chi connectivity index (χ1n) is 7.83. The summed E-state index contributed by atoms with van der Waals surface area (Å²) in [7, 11) is 0. The summed E-state index contributed by atoms with van der Waals surface area (Å²) in [6, 6.07) is 7.27. The quantitative estimate of drug-likeness (QED) is 0.585. The summed E-state index contributed by atoms with van der Waals surface area (Å²) in [6.07, 6.45) is 2.32. The second-order valence-corrected chi connectivity index (χ2v) is 7.42. The first-order valence-corrected chi connectivity index (χ1v) is 9.44. The van der Waals surface area contributed by atoms with E-state index in [1.54, 1.807) is 12.1 Å². The highest BCUT2D eigenvalue weighted by molar-refractivity contribution is 9.10. The van der Waals surface area contributed by atoms with Crippen molar-refractivity contribution in [3.05, 3.63) is 63.0 Å². The average molecular weight is 436 g/mol. The highest BCUT2D eigenvalue weighted by Crippen LogP contribution is 2.31. The first kappa shape index (κ1) is 18.5. The Labute approximate surface area is 162 Å². The number of aryl methyl sites for hydroxylation is 2. The van der Waals surface area contributed by atoms with E-state index in [1.807, 2.05) is 13.8 Å². The fraction of sp³-hybridized carbons (Fsp3) is 0.167. The lowest BCUT2D eigenvalue weighted by Crippen LogP contribution is -2.13. The molecule has 0 atom stereocenters. The van der Waals surface area contributed by atoms with Crippen LogP contribution in [0.15, 0.2) is 41.0 Å². The second-order valence-electron chi connectivity index (χ2n) is 5.36. The fourth-order valence-electron chi connectivity index (χ4n) is 2.28. The van der Waals surface area contributed by atoms with Gasteiger partial charge in [0, 0.05) is 11.1 Å². The zero-order valence-electron chi connectivity index (χ0n) is 14.0. The molecule has 0 aliphatic heterocycles. The van der Waals surface area contributed by atoms with E-state index < -0.39 is 5.82 Å². The highest BCUT2D eigenvalue weighted by Gasteiger charge is 2.17. The molecule has 1 aromatic carbocycles. The van der Waals surface area contributed by atoms with Crippen LogP contribution in [-0.4, -0.2) is 15.9 Å². The van der Waals surface area contributed by atoms with Crippen molar-refractivity contribution in [1.29, 1.82) is 0 Å². The summed E-state index contributed by atoms with van der Waals surface area (Å²) in [4.78, 5) is 22.2. The highest BCUT2D eigenvalue weighted by atomic mass is 79.9. The lowest BCUT2D eigenvalue weighted by atomic mass is 10.2. The van der Waals surface area contributed by atoms with Crippen molar-refractivity contribution in [2.24, 2.45) is 0 Å². The Kier molecular flexibility index (Phi) is 5.63. The summed E-state index contributed by atoms with van der Waals surface area (Å²) < 4.78 is 19.4. The van der Waals surface area contributed by atoms with Crippen molar-refractivity contribution in [3.63, 3.8) is 0 Å². The van der Waals surface area contributed by atoms with Gasteiger partial charge in [-0.2, -0.15) is 0 Å². The molecule has 0 aliphatic carbocycles. The number of carbonyl (C=O) groups is 1. The van der Waals surface area contributed by atoms with Gasteiger partial charge in [0.25, 0.3) is 5.91 Å². The minimum atomic E-state index is -0.394. The van der Waals surface area contributed by atoms with Crippen LogP contribution < -0.4 is 10.1 Å². The van der Waals surface area contributed by atoms with Crippen molar-refractivity contribution < 1.29 is 13.9 Å². The number of ether oxygens (including phenoxy) is 1. The molecule has 3 aromatic rings. The van der Waals surface area contributed by atoms with E-state index in [2.05, 4.69) is 31.2 Å². The van der Waals surface area contributed by atoms with Crippen LogP contribution in [0.25, 0.3) is 0 Å². The van der Waals surface area contributed by atoms with Gasteiger partial charge in [-0.3, -0.25) is 10.1 Å². The van der Waals surface area contributed by atoms with Crippen LogP contribution in [-0.2, 0) is 6.42 Å². The number of hydrogen-bond acceptors (Lipinski definition) is 5.